The van der Waals surface area contributed by atoms with Gasteiger partial charge in [0.15, 0.2) is 0 Å². The molecule has 0 radical (unpaired) electrons. The van der Waals surface area contributed by atoms with E-state index in [9.17, 15) is 29.1 Å². The van der Waals surface area contributed by atoms with Crippen molar-refractivity contribution in [3.8, 4) is 0 Å². The van der Waals surface area contributed by atoms with Crippen LogP contribution in [0.4, 0.5) is 0 Å². The molecule has 42 heavy (non-hydrogen) atoms. The normalized spacial score (nSPS) is 12.4. The van der Waals surface area contributed by atoms with Crippen molar-refractivity contribution in [2.45, 2.75) is 173 Å². The summed E-state index contributed by atoms with van der Waals surface area (Å²) in [4.78, 5) is 57.3. The maximum absolute atomic E-state index is 12.2. The lowest BCUT2D eigenvalue weighted by molar-refractivity contribution is -0.143. The largest absolute Gasteiger partial charge is 0.481 e. The Bertz CT molecular complexity index is 759. The molecule has 244 valence electrons. The van der Waals surface area contributed by atoms with E-state index in [2.05, 4.69) is 10.6 Å². The Morgan fingerprint density at radius 2 is 0.762 bits per heavy atom. The Kier molecular flexibility index (Phi) is 25.5. The first-order chi connectivity index (χ1) is 20.2. The van der Waals surface area contributed by atoms with Gasteiger partial charge in [-0.2, -0.15) is 0 Å². The second-order valence-electron chi connectivity index (χ2n) is 11.5. The summed E-state index contributed by atoms with van der Waals surface area (Å²) in [5, 5.41) is 32.0. The number of carboxylic acid groups (broad SMARTS) is 3. The number of hydrogen-bond acceptors (Lipinski definition) is 5. The number of amides is 2. The maximum Gasteiger partial charge on any atom is 0.326 e. The third kappa shape index (κ3) is 25.1. The lowest BCUT2D eigenvalue weighted by atomic mass is 10.0. The molecule has 0 bridgehead atoms. The van der Waals surface area contributed by atoms with Crippen molar-refractivity contribution < 1.29 is 39.3 Å². The van der Waals surface area contributed by atoms with Gasteiger partial charge < -0.3 is 26.0 Å². The van der Waals surface area contributed by atoms with Gasteiger partial charge in [0, 0.05) is 19.3 Å². The van der Waals surface area contributed by atoms with E-state index in [0.717, 1.165) is 38.5 Å². The van der Waals surface area contributed by atoms with Crippen molar-refractivity contribution in [1.82, 2.24) is 10.6 Å². The highest BCUT2D eigenvalue weighted by atomic mass is 16.4. The van der Waals surface area contributed by atoms with Crippen molar-refractivity contribution in [1.29, 1.82) is 0 Å². The first kappa shape index (κ1) is 39.4. The third-order valence-corrected chi connectivity index (χ3v) is 7.55. The van der Waals surface area contributed by atoms with Crippen LogP contribution in [0.1, 0.15) is 161 Å². The Balaban J connectivity index is 3.66. The molecule has 0 spiro atoms. The fraction of sp³-hybridized carbons (Fsp3) is 0.844. The van der Waals surface area contributed by atoms with Crippen LogP contribution >= 0.6 is 0 Å². The van der Waals surface area contributed by atoms with Gasteiger partial charge in [-0.15, -0.1) is 0 Å². The smallest absolute Gasteiger partial charge is 0.326 e. The predicted molar refractivity (Wildman–Crippen MR) is 163 cm³/mol. The van der Waals surface area contributed by atoms with Gasteiger partial charge in [-0.05, 0) is 25.7 Å². The molecule has 0 saturated carbocycles. The molecule has 0 aromatic heterocycles. The van der Waals surface area contributed by atoms with Crippen molar-refractivity contribution in [2.24, 2.45) is 0 Å². The molecule has 0 saturated heterocycles. The number of rotatable bonds is 30. The Morgan fingerprint density at radius 3 is 1.10 bits per heavy atom. The van der Waals surface area contributed by atoms with Gasteiger partial charge in [0.1, 0.15) is 12.1 Å². The second-order valence-corrected chi connectivity index (χ2v) is 11.5. The molecule has 0 unspecified atom stereocenters. The summed E-state index contributed by atoms with van der Waals surface area (Å²) in [5.41, 5.74) is 0. The number of carboxylic acids is 3. The van der Waals surface area contributed by atoms with Crippen LogP contribution < -0.4 is 10.6 Å². The summed E-state index contributed by atoms with van der Waals surface area (Å²) in [6.07, 6.45) is 21.9. The molecule has 0 aliphatic heterocycles. The fourth-order valence-corrected chi connectivity index (χ4v) is 5.00. The number of unbranched alkanes of at least 4 members (excludes halogenated alkanes) is 17. The standard InChI is InChI=1S/C32H58N2O8/c1-2-21-26(31(39)40)33-29(36)25-24-27(32(41)42)34-28(35)22-19-17-15-13-11-9-7-5-3-4-6-8-10-12-14-16-18-20-23-30(37)38/h26-27H,2-25H2,1H3,(H,33,36)(H,34,35)(H,37,38)(H,39,40)(H,41,42)/t26-,27-/m0/s1. The van der Waals surface area contributed by atoms with E-state index in [-0.39, 0.29) is 25.2 Å². The first-order valence-electron chi connectivity index (χ1n) is 16.4. The summed E-state index contributed by atoms with van der Waals surface area (Å²) in [6, 6.07) is -2.17. The van der Waals surface area contributed by atoms with Crippen LogP contribution in [0.2, 0.25) is 0 Å². The Morgan fingerprint density at radius 1 is 0.452 bits per heavy atom. The molecule has 2 atom stereocenters. The van der Waals surface area contributed by atoms with Gasteiger partial charge in [0.25, 0.3) is 0 Å². The summed E-state index contributed by atoms with van der Waals surface area (Å²) < 4.78 is 0. The van der Waals surface area contributed by atoms with Gasteiger partial charge in [-0.25, -0.2) is 9.59 Å². The minimum Gasteiger partial charge on any atom is -0.481 e. The van der Waals surface area contributed by atoms with Gasteiger partial charge >= 0.3 is 17.9 Å². The maximum atomic E-state index is 12.2. The number of hydrogen-bond donors (Lipinski definition) is 5. The number of carbonyl (C=O) groups excluding carboxylic acids is 2. The molecule has 0 heterocycles. The van der Waals surface area contributed by atoms with Crippen LogP contribution in [0.5, 0.6) is 0 Å². The molecule has 0 aromatic carbocycles. The number of nitrogens with one attached hydrogen (secondary N) is 2. The third-order valence-electron chi connectivity index (χ3n) is 7.55. The van der Waals surface area contributed by atoms with Gasteiger partial charge in [-0.1, -0.05) is 116 Å². The quantitative estimate of drug-likeness (QED) is 0.0576. The van der Waals surface area contributed by atoms with Crippen molar-refractivity contribution >= 4 is 29.7 Å². The Hall–Kier alpha value is -2.65. The minimum absolute atomic E-state index is 0.0931. The van der Waals surface area contributed by atoms with E-state index in [1.54, 1.807) is 0 Å². The summed E-state index contributed by atoms with van der Waals surface area (Å²) in [7, 11) is 0. The second kappa shape index (κ2) is 27.2. The monoisotopic (exact) mass is 598 g/mol. The van der Waals surface area contributed by atoms with E-state index in [4.69, 9.17) is 10.2 Å². The molecule has 0 aliphatic carbocycles. The molecule has 0 rings (SSSR count). The highest BCUT2D eigenvalue weighted by Crippen LogP contribution is 2.15. The van der Waals surface area contributed by atoms with E-state index in [0.29, 0.717) is 25.7 Å². The number of aliphatic carboxylic acids is 3. The Labute approximate surface area is 252 Å². The van der Waals surface area contributed by atoms with Crippen LogP contribution in [0.15, 0.2) is 0 Å². The van der Waals surface area contributed by atoms with Crippen molar-refractivity contribution in [3.05, 3.63) is 0 Å². The minimum atomic E-state index is -1.21. The van der Waals surface area contributed by atoms with Crippen LogP contribution in [0, 0.1) is 0 Å². The van der Waals surface area contributed by atoms with Gasteiger partial charge in [-0.3, -0.25) is 14.4 Å². The van der Waals surface area contributed by atoms with E-state index >= 15 is 0 Å². The van der Waals surface area contributed by atoms with Crippen LogP contribution in [-0.4, -0.2) is 57.1 Å². The molecule has 0 fully saturated rings. The van der Waals surface area contributed by atoms with E-state index < -0.39 is 35.9 Å². The summed E-state index contributed by atoms with van der Waals surface area (Å²) in [5.74, 6) is -3.91. The lowest BCUT2D eigenvalue weighted by Crippen LogP contribution is -2.43. The van der Waals surface area contributed by atoms with Gasteiger partial charge in [0.2, 0.25) is 11.8 Å². The SMILES string of the molecule is CCC[C@H](NC(=O)CC[C@H](NC(=O)CCCCCCCCCCCCCCCCCCCCC(=O)O)C(=O)O)C(=O)O. The summed E-state index contributed by atoms with van der Waals surface area (Å²) >= 11 is 0. The summed E-state index contributed by atoms with van der Waals surface area (Å²) in [6.45, 7) is 1.81. The van der Waals surface area contributed by atoms with Crippen molar-refractivity contribution in [3.63, 3.8) is 0 Å². The first-order valence-corrected chi connectivity index (χ1v) is 16.4. The predicted octanol–water partition coefficient (Wildman–Crippen LogP) is 6.59. The fourth-order valence-electron chi connectivity index (χ4n) is 5.00. The van der Waals surface area contributed by atoms with E-state index in [1.165, 1.54) is 70.6 Å². The zero-order chi connectivity index (χ0) is 31.4. The van der Waals surface area contributed by atoms with Crippen molar-refractivity contribution in [2.75, 3.05) is 0 Å². The zero-order valence-electron chi connectivity index (χ0n) is 26.0. The molecule has 0 aromatic rings. The zero-order valence-corrected chi connectivity index (χ0v) is 26.0. The average Bonchev–Trinajstić information content (AvgIpc) is 2.93. The highest BCUT2D eigenvalue weighted by molar-refractivity contribution is 5.86. The van der Waals surface area contributed by atoms with E-state index in [1.807, 2.05) is 6.92 Å². The highest BCUT2D eigenvalue weighted by Gasteiger charge is 2.23. The number of carbonyl (C=O) groups is 5. The van der Waals surface area contributed by atoms with Crippen LogP contribution in [0.25, 0.3) is 0 Å². The molecule has 5 N–H and O–H groups in total. The molecule has 10 nitrogen and oxygen atoms in total. The lowest BCUT2D eigenvalue weighted by Gasteiger charge is -2.16. The molecule has 2 amide bonds. The topological polar surface area (TPSA) is 170 Å². The molecular weight excluding hydrogens is 540 g/mol. The average molecular weight is 599 g/mol. The molecule has 0 aliphatic rings. The molecule has 10 heteroatoms. The van der Waals surface area contributed by atoms with Crippen LogP contribution in [-0.2, 0) is 24.0 Å². The van der Waals surface area contributed by atoms with Gasteiger partial charge in [0.05, 0.1) is 0 Å². The molecular formula is C32H58N2O8. The van der Waals surface area contributed by atoms with Crippen LogP contribution in [0.3, 0.4) is 0 Å².